The van der Waals surface area contributed by atoms with E-state index < -0.39 is 24.5 Å². The topological polar surface area (TPSA) is 108 Å². The van der Waals surface area contributed by atoms with Crippen molar-refractivity contribution < 1.29 is 38.4 Å². The number of ether oxygens (including phenoxy) is 4. The Morgan fingerprint density at radius 1 is 0.750 bits per heavy atom. The molecule has 184 valence electrons. The predicted molar refractivity (Wildman–Crippen MR) is 132 cm³/mol. The molecule has 0 fully saturated rings. The van der Waals surface area contributed by atoms with E-state index in [0.717, 1.165) is 17.2 Å². The third-order valence-corrected chi connectivity index (χ3v) is 4.79. The molecule has 0 saturated heterocycles. The van der Waals surface area contributed by atoms with Crippen LogP contribution in [-0.2, 0) is 14.3 Å². The second-order valence-electron chi connectivity index (χ2n) is 7.33. The molecule has 8 heteroatoms. The van der Waals surface area contributed by atoms with E-state index >= 15 is 0 Å². The highest BCUT2D eigenvalue weighted by Crippen LogP contribution is 2.24. The van der Waals surface area contributed by atoms with E-state index in [1.807, 2.05) is 12.1 Å². The zero-order valence-corrected chi connectivity index (χ0v) is 19.3. The van der Waals surface area contributed by atoms with Gasteiger partial charge in [0.1, 0.15) is 30.5 Å². The monoisotopic (exact) mass is 488 g/mol. The molecule has 3 aromatic carbocycles. The lowest BCUT2D eigenvalue weighted by atomic mass is 10.0. The normalized spacial score (nSPS) is 10.1. The van der Waals surface area contributed by atoms with Gasteiger partial charge in [0.2, 0.25) is 0 Å². The molecular weight excluding hydrogens is 464 g/mol. The van der Waals surface area contributed by atoms with Crippen LogP contribution in [0.1, 0.15) is 10.4 Å². The van der Waals surface area contributed by atoms with Gasteiger partial charge in [0.05, 0.1) is 17.7 Å². The molecule has 0 radical (unpaired) electrons. The van der Waals surface area contributed by atoms with Gasteiger partial charge in [-0.25, -0.2) is 14.4 Å². The van der Waals surface area contributed by atoms with Crippen LogP contribution < -0.4 is 14.2 Å². The van der Waals surface area contributed by atoms with Crippen molar-refractivity contribution in [3.63, 3.8) is 0 Å². The van der Waals surface area contributed by atoms with E-state index in [2.05, 4.69) is 13.2 Å². The highest BCUT2D eigenvalue weighted by molar-refractivity contribution is 5.91. The van der Waals surface area contributed by atoms with E-state index in [9.17, 15) is 14.4 Å². The summed E-state index contributed by atoms with van der Waals surface area (Å²) in [6.07, 6.45) is 1.06. The highest BCUT2D eigenvalue weighted by Gasteiger charge is 2.10. The van der Waals surface area contributed by atoms with Crippen molar-refractivity contribution >= 4 is 17.9 Å². The van der Waals surface area contributed by atoms with E-state index in [0.29, 0.717) is 22.8 Å². The van der Waals surface area contributed by atoms with Crippen molar-refractivity contribution in [2.45, 2.75) is 0 Å². The van der Waals surface area contributed by atoms with Crippen LogP contribution in [0.3, 0.4) is 0 Å². The van der Waals surface area contributed by atoms with Crippen LogP contribution in [0.25, 0.3) is 11.1 Å². The largest absolute Gasteiger partial charge is 0.490 e. The van der Waals surface area contributed by atoms with Gasteiger partial charge in [-0.2, -0.15) is 0 Å². The van der Waals surface area contributed by atoms with Crippen molar-refractivity contribution in [1.82, 2.24) is 0 Å². The first-order chi connectivity index (χ1) is 17.4. The van der Waals surface area contributed by atoms with Crippen molar-refractivity contribution in [2.24, 2.45) is 0 Å². The number of aliphatic hydroxyl groups excluding tert-OH is 1. The fraction of sp³-hybridized carbons (Fsp3) is 0.107. The van der Waals surface area contributed by atoms with Crippen molar-refractivity contribution in [3.8, 4) is 28.4 Å². The Bertz CT molecular complexity index is 1230. The zero-order valence-electron chi connectivity index (χ0n) is 19.3. The van der Waals surface area contributed by atoms with Gasteiger partial charge in [-0.15, -0.1) is 0 Å². The lowest BCUT2D eigenvalue weighted by molar-refractivity contribution is -0.140. The number of rotatable bonds is 11. The maximum absolute atomic E-state index is 12.5. The molecule has 0 amide bonds. The summed E-state index contributed by atoms with van der Waals surface area (Å²) in [5, 5.41) is 8.83. The number of aliphatic hydroxyl groups is 1. The van der Waals surface area contributed by atoms with Gasteiger partial charge in [0.15, 0.2) is 0 Å². The van der Waals surface area contributed by atoms with Gasteiger partial charge in [-0.3, -0.25) is 0 Å². The van der Waals surface area contributed by atoms with Crippen LogP contribution in [0.5, 0.6) is 17.2 Å². The number of carbonyl (C=O) groups excluding carboxylic acids is 3. The minimum atomic E-state index is -0.659. The molecule has 3 rings (SSSR count). The lowest BCUT2D eigenvalue weighted by Gasteiger charge is -2.09. The average Bonchev–Trinajstić information content (AvgIpc) is 2.91. The van der Waals surface area contributed by atoms with Gasteiger partial charge < -0.3 is 24.1 Å². The summed E-state index contributed by atoms with van der Waals surface area (Å²) in [7, 11) is 0. The molecule has 0 unspecified atom stereocenters. The number of benzene rings is 3. The quantitative estimate of drug-likeness (QED) is 0.186. The van der Waals surface area contributed by atoms with Gasteiger partial charge in [0.25, 0.3) is 0 Å². The van der Waals surface area contributed by atoms with Gasteiger partial charge in [-0.1, -0.05) is 37.4 Å². The second kappa shape index (κ2) is 12.7. The highest BCUT2D eigenvalue weighted by atomic mass is 16.6. The molecule has 0 aromatic heterocycles. The molecule has 0 bridgehead atoms. The summed E-state index contributed by atoms with van der Waals surface area (Å²) in [6.45, 7) is 6.46. The molecular formula is C28H24O8. The van der Waals surface area contributed by atoms with Crippen LogP contribution in [0, 0.1) is 0 Å². The van der Waals surface area contributed by atoms with Gasteiger partial charge >= 0.3 is 17.9 Å². The van der Waals surface area contributed by atoms with Crippen molar-refractivity contribution in [1.29, 1.82) is 0 Å². The molecule has 0 atom stereocenters. The average molecular weight is 488 g/mol. The summed E-state index contributed by atoms with van der Waals surface area (Å²) >= 11 is 0. The number of hydrogen-bond acceptors (Lipinski definition) is 8. The van der Waals surface area contributed by atoms with E-state index in [1.165, 1.54) is 24.3 Å². The minimum absolute atomic E-state index is 0.0129. The van der Waals surface area contributed by atoms with E-state index in [-0.39, 0.29) is 18.8 Å². The molecule has 0 aliphatic rings. The lowest BCUT2D eigenvalue weighted by Crippen LogP contribution is -2.14. The first-order valence-corrected chi connectivity index (χ1v) is 10.8. The molecule has 36 heavy (non-hydrogen) atoms. The van der Waals surface area contributed by atoms with E-state index in [1.54, 1.807) is 36.4 Å². The Hall–Kier alpha value is -4.69. The predicted octanol–water partition coefficient (Wildman–Crippen LogP) is 4.13. The number of hydrogen-bond donors (Lipinski definition) is 1. The molecule has 3 aromatic rings. The van der Waals surface area contributed by atoms with Crippen LogP contribution in [0.15, 0.2) is 97.6 Å². The maximum atomic E-state index is 12.5. The number of carbonyl (C=O) groups is 3. The Morgan fingerprint density at radius 3 is 1.83 bits per heavy atom. The summed E-state index contributed by atoms with van der Waals surface area (Å²) in [5.74, 6) is -0.537. The zero-order chi connectivity index (χ0) is 25.9. The summed E-state index contributed by atoms with van der Waals surface area (Å²) in [6, 6.07) is 20.3. The first kappa shape index (κ1) is 25.9. The first-order valence-electron chi connectivity index (χ1n) is 10.8. The SMILES string of the molecule is C=CC(=O)Oc1ccc(OC(=O)c2ccc(-c3ccc(OCCOC(=O)C(=C)CO)cc3)cc2)cc1. The Morgan fingerprint density at radius 2 is 1.28 bits per heavy atom. The summed E-state index contributed by atoms with van der Waals surface area (Å²) in [5.41, 5.74) is 2.17. The van der Waals surface area contributed by atoms with Crippen LogP contribution in [-0.4, -0.2) is 42.8 Å². The standard InChI is InChI=1S/C28H24O8/c1-3-26(30)35-24-12-14-25(15-13-24)36-28(32)22-6-4-20(5-7-22)21-8-10-23(11-9-21)33-16-17-34-27(31)19(2)18-29/h3-15,29H,1-2,16-18H2. The fourth-order valence-corrected chi connectivity index (χ4v) is 2.90. The summed E-state index contributed by atoms with van der Waals surface area (Å²) in [4.78, 5) is 35.1. The van der Waals surface area contributed by atoms with Crippen LogP contribution in [0.2, 0.25) is 0 Å². The Kier molecular flexibility index (Phi) is 9.13. The second-order valence-corrected chi connectivity index (χ2v) is 7.33. The molecule has 0 saturated carbocycles. The van der Waals surface area contributed by atoms with Crippen molar-refractivity contribution in [2.75, 3.05) is 19.8 Å². The molecule has 0 aliphatic heterocycles. The third kappa shape index (κ3) is 7.41. The van der Waals surface area contributed by atoms with Gasteiger partial charge in [-0.05, 0) is 59.7 Å². The molecule has 8 nitrogen and oxygen atoms in total. The third-order valence-electron chi connectivity index (χ3n) is 4.79. The maximum Gasteiger partial charge on any atom is 0.343 e. The number of esters is 3. The van der Waals surface area contributed by atoms with Crippen molar-refractivity contribution in [3.05, 3.63) is 103 Å². The van der Waals surface area contributed by atoms with Crippen LogP contribution >= 0.6 is 0 Å². The smallest absolute Gasteiger partial charge is 0.343 e. The Balaban J connectivity index is 1.51. The van der Waals surface area contributed by atoms with E-state index in [4.69, 9.17) is 24.1 Å². The van der Waals surface area contributed by atoms with Gasteiger partial charge in [0, 0.05) is 6.08 Å². The van der Waals surface area contributed by atoms with Crippen LogP contribution in [0.4, 0.5) is 0 Å². The summed E-state index contributed by atoms with van der Waals surface area (Å²) < 4.78 is 20.8. The Labute approximate surface area is 208 Å². The fourth-order valence-electron chi connectivity index (χ4n) is 2.90. The molecule has 0 spiro atoms. The molecule has 0 heterocycles. The molecule has 0 aliphatic carbocycles. The minimum Gasteiger partial charge on any atom is -0.490 e. The molecule has 1 N–H and O–H groups in total.